The van der Waals surface area contributed by atoms with Crippen molar-refractivity contribution in [2.75, 3.05) is 5.75 Å². The number of carbonyl (C=O) groups excluding carboxylic acids is 1. The molecule has 0 saturated carbocycles. The molecule has 2 atom stereocenters. The maximum absolute atomic E-state index is 12.1. The summed E-state index contributed by atoms with van der Waals surface area (Å²) in [6, 6.07) is -1.17. The van der Waals surface area contributed by atoms with E-state index in [9.17, 15) is 9.59 Å². The number of aromatic nitrogens is 3. The van der Waals surface area contributed by atoms with Gasteiger partial charge in [-0.25, -0.2) is 9.59 Å². The third-order valence-corrected chi connectivity index (χ3v) is 4.16. The fourth-order valence-electron chi connectivity index (χ4n) is 1.85. The van der Waals surface area contributed by atoms with E-state index in [1.807, 2.05) is 6.92 Å². The van der Waals surface area contributed by atoms with Gasteiger partial charge in [-0.05, 0) is 6.92 Å². The zero-order valence-corrected chi connectivity index (χ0v) is 11.4. The summed E-state index contributed by atoms with van der Waals surface area (Å²) in [5.41, 5.74) is 0. The Hall–Kier alpha value is -1.77. The van der Waals surface area contributed by atoms with E-state index < -0.39 is 18.0 Å². The number of amides is 2. The molecule has 2 heterocycles. The van der Waals surface area contributed by atoms with Crippen LogP contribution >= 0.6 is 11.8 Å². The van der Waals surface area contributed by atoms with Crippen molar-refractivity contribution in [2.24, 2.45) is 7.05 Å². The number of carboxylic acids is 1. The molecular formula is C10H15N5O3S. The predicted octanol–water partition coefficient (Wildman–Crippen LogP) is -0.127. The minimum Gasteiger partial charge on any atom is -0.480 e. The summed E-state index contributed by atoms with van der Waals surface area (Å²) in [5, 5.41) is 19.2. The SMILES string of the molecule is CC1SCC(C(=O)O)N1C(=O)NCc1nncn1C. The van der Waals surface area contributed by atoms with Gasteiger partial charge in [0.2, 0.25) is 0 Å². The van der Waals surface area contributed by atoms with Gasteiger partial charge >= 0.3 is 12.0 Å². The van der Waals surface area contributed by atoms with Crippen LogP contribution in [0.5, 0.6) is 0 Å². The monoisotopic (exact) mass is 285 g/mol. The molecule has 1 saturated heterocycles. The number of urea groups is 1. The Bertz CT molecular complexity index is 491. The van der Waals surface area contributed by atoms with Gasteiger partial charge < -0.3 is 15.0 Å². The summed E-state index contributed by atoms with van der Waals surface area (Å²) in [6.07, 6.45) is 1.54. The average Bonchev–Trinajstić information content (AvgIpc) is 2.92. The first-order valence-electron chi connectivity index (χ1n) is 5.74. The fraction of sp³-hybridized carbons (Fsp3) is 0.600. The summed E-state index contributed by atoms with van der Waals surface area (Å²) in [4.78, 5) is 24.5. The van der Waals surface area contributed by atoms with Crippen LogP contribution < -0.4 is 5.32 Å². The van der Waals surface area contributed by atoms with Crippen LogP contribution in [0.25, 0.3) is 0 Å². The van der Waals surface area contributed by atoms with Gasteiger partial charge in [0, 0.05) is 12.8 Å². The van der Waals surface area contributed by atoms with Crippen molar-refractivity contribution in [3.05, 3.63) is 12.2 Å². The average molecular weight is 285 g/mol. The first kappa shape index (κ1) is 13.7. The van der Waals surface area contributed by atoms with Crippen LogP contribution in [0, 0.1) is 0 Å². The lowest BCUT2D eigenvalue weighted by Crippen LogP contribution is -2.49. The van der Waals surface area contributed by atoms with Crippen LogP contribution in [0.4, 0.5) is 4.79 Å². The molecule has 2 amide bonds. The number of hydrogen-bond acceptors (Lipinski definition) is 5. The number of rotatable bonds is 3. The summed E-state index contributed by atoms with van der Waals surface area (Å²) in [6.45, 7) is 2.03. The largest absolute Gasteiger partial charge is 0.480 e. The van der Waals surface area contributed by atoms with Gasteiger partial charge in [0.25, 0.3) is 0 Å². The van der Waals surface area contributed by atoms with Crippen LogP contribution in [0.2, 0.25) is 0 Å². The topological polar surface area (TPSA) is 100 Å². The maximum atomic E-state index is 12.1. The number of aryl methyl sites for hydroxylation is 1. The normalized spacial score (nSPS) is 22.5. The molecule has 1 aromatic rings. The van der Waals surface area contributed by atoms with E-state index in [0.717, 1.165) is 0 Å². The number of nitrogens with zero attached hydrogens (tertiary/aromatic N) is 4. The lowest BCUT2D eigenvalue weighted by molar-refractivity contribution is -0.141. The van der Waals surface area contributed by atoms with Crippen LogP contribution in [0.3, 0.4) is 0 Å². The second-order valence-corrected chi connectivity index (χ2v) is 5.56. The number of thioether (sulfide) groups is 1. The molecule has 1 aromatic heterocycles. The van der Waals surface area contributed by atoms with Gasteiger partial charge in [-0.3, -0.25) is 4.90 Å². The predicted molar refractivity (Wildman–Crippen MR) is 68.4 cm³/mol. The van der Waals surface area contributed by atoms with Gasteiger partial charge in [0.1, 0.15) is 12.4 Å². The molecule has 0 aliphatic carbocycles. The number of carboxylic acid groups (broad SMARTS) is 1. The Morgan fingerprint density at radius 2 is 2.37 bits per heavy atom. The highest BCUT2D eigenvalue weighted by Gasteiger charge is 2.39. The zero-order valence-electron chi connectivity index (χ0n) is 10.6. The lowest BCUT2D eigenvalue weighted by atomic mass is 10.3. The molecule has 2 rings (SSSR count). The molecule has 9 heteroatoms. The van der Waals surface area contributed by atoms with Crippen LogP contribution in [0.15, 0.2) is 6.33 Å². The van der Waals surface area contributed by atoms with Crippen molar-refractivity contribution >= 4 is 23.8 Å². The van der Waals surface area contributed by atoms with E-state index in [4.69, 9.17) is 5.11 Å². The summed E-state index contributed by atoms with van der Waals surface area (Å²) in [5.74, 6) is 0.0406. The Balaban J connectivity index is 1.99. The van der Waals surface area contributed by atoms with Gasteiger partial charge in [-0.15, -0.1) is 22.0 Å². The van der Waals surface area contributed by atoms with Crippen LogP contribution in [-0.2, 0) is 18.4 Å². The molecule has 2 N–H and O–H groups in total. The van der Waals surface area contributed by atoms with Crippen molar-refractivity contribution in [3.63, 3.8) is 0 Å². The Kier molecular flexibility index (Phi) is 3.93. The van der Waals surface area contributed by atoms with E-state index in [-0.39, 0.29) is 11.9 Å². The molecular weight excluding hydrogens is 270 g/mol. The summed E-state index contributed by atoms with van der Waals surface area (Å²) >= 11 is 1.45. The third kappa shape index (κ3) is 2.80. The lowest BCUT2D eigenvalue weighted by Gasteiger charge is -2.25. The molecule has 0 spiro atoms. The van der Waals surface area contributed by atoms with Crippen LogP contribution in [0.1, 0.15) is 12.7 Å². The molecule has 1 fully saturated rings. The van der Waals surface area contributed by atoms with E-state index in [0.29, 0.717) is 11.6 Å². The summed E-state index contributed by atoms with van der Waals surface area (Å²) in [7, 11) is 1.77. The number of aliphatic carboxylic acids is 1. The Labute approximate surface area is 114 Å². The van der Waals surface area contributed by atoms with E-state index in [1.54, 1.807) is 11.6 Å². The maximum Gasteiger partial charge on any atom is 0.327 e. The van der Waals surface area contributed by atoms with Gasteiger partial charge in [0.15, 0.2) is 5.82 Å². The molecule has 0 radical (unpaired) electrons. The Morgan fingerprint density at radius 3 is 2.95 bits per heavy atom. The van der Waals surface area contributed by atoms with E-state index in [2.05, 4.69) is 15.5 Å². The Morgan fingerprint density at radius 1 is 1.63 bits per heavy atom. The van der Waals surface area contributed by atoms with Crippen molar-refractivity contribution in [2.45, 2.75) is 24.9 Å². The molecule has 1 aliphatic heterocycles. The second kappa shape index (κ2) is 5.47. The fourth-order valence-corrected chi connectivity index (χ4v) is 3.02. The molecule has 0 aromatic carbocycles. The van der Waals surface area contributed by atoms with Crippen molar-refractivity contribution in [3.8, 4) is 0 Å². The van der Waals surface area contributed by atoms with Gasteiger partial charge in [-0.1, -0.05) is 0 Å². The highest BCUT2D eigenvalue weighted by atomic mass is 32.2. The zero-order chi connectivity index (χ0) is 14.0. The first-order valence-corrected chi connectivity index (χ1v) is 6.79. The smallest absolute Gasteiger partial charge is 0.327 e. The quantitative estimate of drug-likeness (QED) is 0.802. The highest BCUT2D eigenvalue weighted by Crippen LogP contribution is 2.28. The van der Waals surface area contributed by atoms with Crippen LogP contribution in [-0.4, -0.2) is 53.9 Å². The van der Waals surface area contributed by atoms with Crippen molar-refractivity contribution in [1.82, 2.24) is 25.0 Å². The van der Waals surface area contributed by atoms with E-state index >= 15 is 0 Å². The third-order valence-electron chi connectivity index (χ3n) is 2.95. The molecule has 8 nitrogen and oxygen atoms in total. The minimum absolute atomic E-state index is 0.152. The summed E-state index contributed by atoms with van der Waals surface area (Å²) < 4.78 is 1.69. The number of nitrogens with one attached hydrogen (secondary N) is 1. The molecule has 2 unspecified atom stereocenters. The first-order chi connectivity index (χ1) is 9.00. The number of carbonyl (C=O) groups is 2. The van der Waals surface area contributed by atoms with Crippen molar-refractivity contribution < 1.29 is 14.7 Å². The van der Waals surface area contributed by atoms with E-state index in [1.165, 1.54) is 23.0 Å². The molecule has 19 heavy (non-hydrogen) atoms. The highest BCUT2D eigenvalue weighted by molar-refractivity contribution is 8.00. The van der Waals surface area contributed by atoms with Gasteiger partial charge in [-0.2, -0.15) is 0 Å². The number of hydrogen-bond donors (Lipinski definition) is 2. The molecule has 1 aliphatic rings. The standard InChI is InChI=1S/C10H15N5O3S/c1-6-15(7(4-19-6)9(16)17)10(18)11-3-8-13-12-5-14(8)2/h5-7H,3-4H2,1-2H3,(H,11,18)(H,16,17). The second-order valence-electron chi connectivity index (χ2n) is 4.21. The molecule has 0 bridgehead atoms. The van der Waals surface area contributed by atoms with Crippen molar-refractivity contribution in [1.29, 1.82) is 0 Å². The minimum atomic E-state index is -0.981. The van der Waals surface area contributed by atoms with Gasteiger partial charge in [0.05, 0.1) is 11.9 Å². The molecule has 104 valence electrons.